The molecule has 0 atom stereocenters. The van der Waals surface area contributed by atoms with Crippen molar-refractivity contribution in [1.29, 1.82) is 5.26 Å². The Labute approximate surface area is 132 Å². The largest absolute Gasteiger partial charge is 0.218 e. The van der Waals surface area contributed by atoms with Crippen LogP contribution >= 0.6 is 15.9 Å². The maximum atomic E-state index is 12.4. The first-order valence-corrected chi connectivity index (χ1v) is 8.75. The van der Waals surface area contributed by atoms with Crippen molar-refractivity contribution in [2.75, 3.05) is 0 Å². The monoisotopic (exact) mass is 361 g/mol. The van der Waals surface area contributed by atoms with Gasteiger partial charge in [-0.25, -0.2) is 8.42 Å². The predicted octanol–water partition coefficient (Wildman–Crippen LogP) is 3.92. The van der Waals surface area contributed by atoms with E-state index < -0.39 is 9.84 Å². The van der Waals surface area contributed by atoms with Crippen LogP contribution in [-0.2, 0) is 15.2 Å². The fourth-order valence-electron chi connectivity index (χ4n) is 1.75. The molecular formula is C16H12BrNO2S. The molecule has 0 radical (unpaired) electrons. The molecule has 0 amide bonds. The molecule has 0 saturated carbocycles. The van der Waals surface area contributed by atoms with Gasteiger partial charge in [-0.1, -0.05) is 58.4 Å². The number of allylic oxidation sites excluding steroid dienone is 1. The van der Waals surface area contributed by atoms with Crippen molar-refractivity contribution in [1.82, 2.24) is 0 Å². The van der Waals surface area contributed by atoms with Crippen LogP contribution in [0.1, 0.15) is 11.1 Å². The Bertz CT molecular complexity index is 788. The zero-order valence-corrected chi connectivity index (χ0v) is 13.4. The predicted molar refractivity (Wildman–Crippen MR) is 86.3 cm³/mol. The standard InChI is InChI=1S/C16H12BrNO2S/c17-11-14-8-6-13(7-9-14)10-16(12-18)21(19,20)15-4-2-1-3-5-15/h1-10H,11H2. The number of rotatable bonds is 4. The van der Waals surface area contributed by atoms with Gasteiger partial charge in [-0.05, 0) is 29.3 Å². The molecule has 0 aliphatic rings. The molecule has 0 aliphatic carbocycles. The SMILES string of the molecule is N#CC(=Cc1ccc(CBr)cc1)S(=O)(=O)c1ccccc1. The Balaban J connectivity index is 2.44. The summed E-state index contributed by atoms with van der Waals surface area (Å²) in [5, 5.41) is 9.91. The van der Waals surface area contributed by atoms with Crippen molar-refractivity contribution >= 4 is 31.8 Å². The molecule has 2 aromatic rings. The van der Waals surface area contributed by atoms with Crippen molar-refractivity contribution < 1.29 is 8.42 Å². The zero-order chi connectivity index (χ0) is 15.3. The number of hydrogen-bond donors (Lipinski definition) is 0. The highest BCUT2D eigenvalue weighted by molar-refractivity contribution is 9.08. The van der Waals surface area contributed by atoms with E-state index in [1.165, 1.54) is 18.2 Å². The first-order chi connectivity index (χ1) is 10.1. The summed E-state index contributed by atoms with van der Waals surface area (Å²) in [4.78, 5) is -0.143. The number of hydrogen-bond acceptors (Lipinski definition) is 3. The smallest absolute Gasteiger partial charge is 0.216 e. The highest BCUT2D eigenvalue weighted by atomic mass is 79.9. The molecule has 2 aromatic carbocycles. The number of nitrogens with zero attached hydrogens (tertiary/aromatic N) is 1. The van der Waals surface area contributed by atoms with Gasteiger partial charge in [-0.3, -0.25) is 0 Å². The minimum atomic E-state index is -3.77. The summed E-state index contributed by atoms with van der Waals surface area (Å²) in [6.45, 7) is 0. The first kappa shape index (κ1) is 15.5. The van der Waals surface area contributed by atoms with Gasteiger partial charge in [0.2, 0.25) is 9.84 Å². The van der Waals surface area contributed by atoms with E-state index in [1.54, 1.807) is 36.4 Å². The average molecular weight is 362 g/mol. The lowest BCUT2D eigenvalue weighted by Crippen LogP contribution is -2.03. The second-order valence-electron chi connectivity index (χ2n) is 4.31. The molecule has 0 bridgehead atoms. The van der Waals surface area contributed by atoms with E-state index in [0.29, 0.717) is 5.56 Å². The molecule has 0 heterocycles. The van der Waals surface area contributed by atoms with Gasteiger partial charge in [0.05, 0.1) is 4.90 Å². The molecule has 0 saturated heterocycles. The van der Waals surface area contributed by atoms with Gasteiger partial charge in [0, 0.05) is 5.33 Å². The number of halogens is 1. The van der Waals surface area contributed by atoms with Crippen LogP contribution in [0.25, 0.3) is 6.08 Å². The number of nitriles is 1. The minimum absolute atomic E-state index is 0.120. The van der Waals surface area contributed by atoms with Crippen LogP contribution in [0.5, 0.6) is 0 Å². The summed E-state index contributed by atoms with van der Waals surface area (Å²) in [6.07, 6.45) is 1.39. The van der Waals surface area contributed by atoms with Crippen LogP contribution in [0.4, 0.5) is 0 Å². The molecule has 0 aliphatic heterocycles. The lowest BCUT2D eigenvalue weighted by atomic mass is 10.1. The summed E-state index contributed by atoms with van der Waals surface area (Å²) < 4.78 is 24.8. The molecule has 106 valence electrons. The maximum Gasteiger partial charge on any atom is 0.216 e. The third-order valence-corrected chi connectivity index (χ3v) is 5.21. The third kappa shape index (κ3) is 3.60. The second kappa shape index (κ2) is 6.70. The van der Waals surface area contributed by atoms with Crippen LogP contribution in [0, 0.1) is 11.3 Å². The highest BCUT2D eigenvalue weighted by Gasteiger charge is 2.20. The molecule has 0 fully saturated rings. The topological polar surface area (TPSA) is 57.9 Å². The van der Waals surface area contributed by atoms with E-state index in [4.69, 9.17) is 0 Å². The van der Waals surface area contributed by atoms with Crippen LogP contribution in [-0.4, -0.2) is 8.42 Å². The fraction of sp³-hybridized carbons (Fsp3) is 0.0625. The van der Waals surface area contributed by atoms with Gasteiger partial charge in [-0.2, -0.15) is 5.26 Å². The lowest BCUT2D eigenvalue weighted by molar-refractivity contribution is 0.603. The number of alkyl halides is 1. The van der Waals surface area contributed by atoms with Crippen LogP contribution in [0.2, 0.25) is 0 Å². The van der Waals surface area contributed by atoms with Gasteiger partial charge in [0.15, 0.2) is 0 Å². The summed E-state index contributed by atoms with van der Waals surface area (Å²) in [5.41, 5.74) is 1.76. The van der Waals surface area contributed by atoms with Crippen molar-refractivity contribution in [2.24, 2.45) is 0 Å². The summed E-state index contributed by atoms with van der Waals surface area (Å²) >= 11 is 3.35. The van der Waals surface area contributed by atoms with Crippen molar-refractivity contribution in [2.45, 2.75) is 10.2 Å². The Hall–Kier alpha value is -1.90. The van der Waals surface area contributed by atoms with Crippen molar-refractivity contribution in [3.8, 4) is 6.07 Å². The Morgan fingerprint density at radius 3 is 2.24 bits per heavy atom. The van der Waals surface area contributed by atoms with Crippen LogP contribution < -0.4 is 0 Å². The first-order valence-electron chi connectivity index (χ1n) is 6.15. The van der Waals surface area contributed by atoms with Crippen LogP contribution in [0.3, 0.4) is 0 Å². The van der Waals surface area contributed by atoms with E-state index in [2.05, 4.69) is 15.9 Å². The van der Waals surface area contributed by atoms with E-state index >= 15 is 0 Å². The summed E-state index contributed by atoms with van der Waals surface area (Å²) in [6, 6.07) is 17.1. The Kier molecular flexibility index (Phi) is 4.94. The molecule has 0 N–H and O–H groups in total. The van der Waals surface area contributed by atoms with E-state index in [-0.39, 0.29) is 9.80 Å². The molecule has 21 heavy (non-hydrogen) atoms. The average Bonchev–Trinajstić information content (AvgIpc) is 2.53. The molecule has 5 heteroatoms. The fourth-order valence-corrected chi connectivity index (χ4v) is 3.31. The number of sulfone groups is 1. The molecular weight excluding hydrogens is 350 g/mol. The normalized spacial score (nSPS) is 11.9. The second-order valence-corrected chi connectivity index (χ2v) is 6.79. The van der Waals surface area contributed by atoms with E-state index in [9.17, 15) is 13.7 Å². The van der Waals surface area contributed by atoms with Crippen molar-refractivity contribution in [3.05, 3.63) is 70.6 Å². The molecule has 0 aromatic heterocycles. The van der Waals surface area contributed by atoms with Gasteiger partial charge >= 0.3 is 0 Å². The molecule has 3 nitrogen and oxygen atoms in total. The zero-order valence-electron chi connectivity index (χ0n) is 11.0. The van der Waals surface area contributed by atoms with Gasteiger partial charge in [-0.15, -0.1) is 0 Å². The minimum Gasteiger partial charge on any atom is -0.218 e. The molecule has 0 spiro atoms. The lowest BCUT2D eigenvalue weighted by Gasteiger charge is -2.03. The van der Waals surface area contributed by atoms with Gasteiger partial charge in [0.25, 0.3) is 0 Å². The van der Waals surface area contributed by atoms with Crippen LogP contribution in [0.15, 0.2) is 64.4 Å². The Morgan fingerprint density at radius 2 is 1.71 bits per heavy atom. The van der Waals surface area contributed by atoms with Crippen molar-refractivity contribution in [3.63, 3.8) is 0 Å². The van der Waals surface area contributed by atoms with Gasteiger partial charge < -0.3 is 0 Å². The third-order valence-electron chi connectivity index (χ3n) is 2.88. The summed E-state index contributed by atoms with van der Waals surface area (Å²) in [7, 11) is -3.77. The molecule has 2 rings (SSSR count). The van der Waals surface area contributed by atoms with Gasteiger partial charge in [0.1, 0.15) is 11.0 Å². The maximum absolute atomic E-state index is 12.4. The Morgan fingerprint density at radius 1 is 1.10 bits per heavy atom. The molecule has 0 unspecified atom stereocenters. The summed E-state index contributed by atoms with van der Waals surface area (Å²) in [5.74, 6) is 0. The number of benzene rings is 2. The van der Waals surface area contributed by atoms with E-state index in [1.807, 2.05) is 12.1 Å². The highest BCUT2D eigenvalue weighted by Crippen LogP contribution is 2.21. The quantitative estimate of drug-likeness (QED) is 0.612. The van der Waals surface area contributed by atoms with E-state index in [0.717, 1.165) is 10.9 Å².